The molecule has 0 unspecified atom stereocenters. The van der Waals surface area contributed by atoms with Crippen molar-refractivity contribution in [3.8, 4) is 11.1 Å². The summed E-state index contributed by atoms with van der Waals surface area (Å²) < 4.78 is 19.7. The molecule has 0 bridgehead atoms. The van der Waals surface area contributed by atoms with E-state index in [-0.39, 0.29) is 24.7 Å². The Morgan fingerprint density at radius 3 is 2.65 bits per heavy atom. The van der Waals surface area contributed by atoms with E-state index in [1.54, 1.807) is 16.2 Å². The molecule has 0 atom stereocenters. The Balaban J connectivity index is 1.45. The van der Waals surface area contributed by atoms with Crippen molar-refractivity contribution in [2.24, 2.45) is 0 Å². The predicted octanol–water partition coefficient (Wildman–Crippen LogP) is 7.79. The number of unbranched alkanes of at least 4 members (excludes halogenated alkanes) is 2. The molecule has 4 rings (SSSR count). The van der Waals surface area contributed by atoms with Crippen LogP contribution in [0.4, 0.5) is 10.1 Å². The largest absolute Gasteiger partial charge is 0.339 e. The van der Waals surface area contributed by atoms with Gasteiger partial charge in [0.2, 0.25) is 11.8 Å². The first-order valence-corrected chi connectivity index (χ1v) is 13.6. The first kappa shape index (κ1) is 26.7. The number of carbonyl (C=O) groups is 1. The van der Waals surface area contributed by atoms with Gasteiger partial charge in [-0.2, -0.15) is 4.98 Å². The second-order valence-electron chi connectivity index (χ2n) is 9.54. The number of aromatic nitrogens is 3. The van der Waals surface area contributed by atoms with E-state index in [0.717, 1.165) is 63.5 Å². The van der Waals surface area contributed by atoms with Gasteiger partial charge in [0, 0.05) is 37.4 Å². The number of halogens is 1. The van der Waals surface area contributed by atoms with Crippen LogP contribution in [0.3, 0.4) is 0 Å². The molecule has 2 heterocycles. The lowest BCUT2D eigenvalue weighted by Gasteiger charge is -2.23. The molecule has 0 N–H and O–H groups in total. The lowest BCUT2D eigenvalue weighted by atomic mass is 10.0. The monoisotopic (exact) mass is 520 g/mol. The Kier molecular flexibility index (Phi) is 8.82. The fourth-order valence-corrected chi connectivity index (χ4v) is 5.05. The molecule has 0 radical (unpaired) electrons. The van der Waals surface area contributed by atoms with Crippen LogP contribution in [0.25, 0.3) is 21.3 Å². The number of carbonyl (C=O) groups excluding carboxylic acids is 1. The van der Waals surface area contributed by atoms with Crippen molar-refractivity contribution in [1.82, 2.24) is 15.1 Å². The highest BCUT2D eigenvalue weighted by atomic mass is 32.1. The third-order valence-electron chi connectivity index (χ3n) is 6.16. The van der Waals surface area contributed by atoms with Crippen LogP contribution in [-0.4, -0.2) is 27.6 Å². The van der Waals surface area contributed by atoms with Gasteiger partial charge < -0.3 is 9.42 Å². The number of aryl methyl sites for hydroxylation is 2. The number of anilines is 1. The predicted molar refractivity (Wildman–Crippen MR) is 148 cm³/mol. The van der Waals surface area contributed by atoms with E-state index >= 15 is 0 Å². The number of fused-ring (bicyclic) bond motifs is 1. The van der Waals surface area contributed by atoms with Gasteiger partial charge in [0.15, 0.2) is 5.82 Å². The Hall–Kier alpha value is -3.39. The van der Waals surface area contributed by atoms with Crippen LogP contribution >= 0.6 is 11.3 Å². The van der Waals surface area contributed by atoms with Crippen molar-refractivity contribution < 1.29 is 13.7 Å². The molecular weight excluding hydrogens is 487 g/mol. The van der Waals surface area contributed by atoms with Crippen molar-refractivity contribution in [3.63, 3.8) is 0 Å². The standard InChI is InChI=1S/C29H33FN4O2S/c1-19(2)29-32-27(33-36-29)11-6-5-7-16-34(28(35)15-12-20(3)30)24-10-8-9-22(17-24)23-13-14-25-26(18-23)37-21(4)31-25/h8-10,13-14,17-19H,3,5-7,11-12,15-16H2,1-2,4H3. The highest BCUT2D eigenvalue weighted by molar-refractivity contribution is 7.18. The van der Waals surface area contributed by atoms with Crippen LogP contribution in [0.1, 0.15) is 68.6 Å². The van der Waals surface area contributed by atoms with E-state index in [2.05, 4.69) is 33.8 Å². The smallest absolute Gasteiger partial charge is 0.229 e. The number of allylic oxidation sites excluding steroid dienone is 1. The van der Waals surface area contributed by atoms with Gasteiger partial charge in [0.1, 0.15) is 0 Å². The molecule has 0 aliphatic heterocycles. The van der Waals surface area contributed by atoms with Gasteiger partial charge in [0.25, 0.3) is 0 Å². The molecule has 2 aromatic heterocycles. The highest BCUT2D eigenvalue weighted by Crippen LogP contribution is 2.30. The molecule has 0 saturated carbocycles. The molecule has 8 heteroatoms. The average molecular weight is 521 g/mol. The van der Waals surface area contributed by atoms with Gasteiger partial charge in [0.05, 0.1) is 21.1 Å². The van der Waals surface area contributed by atoms with E-state index in [0.29, 0.717) is 12.4 Å². The quantitative estimate of drug-likeness (QED) is 0.178. The SMILES string of the molecule is C=C(F)CCC(=O)N(CCCCCc1noc(C(C)C)n1)c1cccc(-c2ccc3nc(C)sc3c2)c1. The number of rotatable bonds is 12. The van der Waals surface area contributed by atoms with Crippen molar-refractivity contribution in [2.75, 3.05) is 11.4 Å². The first-order chi connectivity index (χ1) is 17.8. The second-order valence-corrected chi connectivity index (χ2v) is 10.8. The third kappa shape index (κ3) is 7.10. The molecule has 4 aromatic rings. The third-order valence-corrected chi connectivity index (χ3v) is 7.09. The van der Waals surface area contributed by atoms with Crippen LogP contribution in [0.2, 0.25) is 0 Å². The van der Waals surface area contributed by atoms with Crippen molar-refractivity contribution in [2.45, 2.75) is 65.2 Å². The molecule has 2 aromatic carbocycles. The first-order valence-electron chi connectivity index (χ1n) is 12.7. The van der Waals surface area contributed by atoms with Gasteiger partial charge in [-0.05, 0) is 55.2 Å². The molecule has 0 fully saturated rings. The normalized spacial score (nSPS) is 11.4. The molecule has 6 nitrogen and oxygen atoms in total. The summed E-state index contributed by atoms with van der Waals surface area (Å²) in [5.74, 6) is 1.01. The summed E-state index contributed by atoms with van der Waals surface area (Å²) in [5.41, 5.74) is 3.90. The zero-order chi connectivity index (χ0) is 26.4. The van der Waals surface area contributed by atoms with Crippen molar-refractivity contribution in [1.29, 1.82) is 0 Å². The number of benzene rings is 2. The van der Waals surface area contributed by atoms with Gasteiger partial charge in [-0.1, -0.05) is 50.2 Å². The number of thiazole rings is 1. The molecule has 1 amide bonds. The van der Waals surface area contributed by atoms with Gasteiger partial charge in [-0.25, -0.2) is 9.37 Å². The van der Waals surface area contributed by atoms with Gasteiger partial charge >= 0.3 is 0 Å². The fraction of sp³-hybridized carbons (Fsp3) is 0.379. The topological polar surface area (TPSA) is 72.1 Å². The summed E-state index contributed by atoms with van der Waals surface area (Å²) in [6.45, 7) is 9.91. The molecule has 37 heavy (non-hydrogen) atoms. The molecular formula is C29H33FN4O2S. The minimum Gasteiger partial charge on any atom is -0.339 e. The van der Waals surface area contributed by atoms with Gasteiger partial charge in [-0.15, -0.1) is 11.3 Å². The summed E-state index contributed by atoms with van der Waals surface area (Å²) >= 11 is 1.67. The Bertz CT molecular complexity index is 1380. The summed E-state index contributed by atoms with van der Waals surface area (Å²) in [5, 5.41) is 5.08. The number of hydrogen-bond acceptors (Lipinski definition) is 6. The lowest BCUT2D eigenvalue weighted by molar-refractivity contribution is -0.118. The zero-order valence-corrected chi connectivity index (χ0v) is 22.5. The molecule has 0 spiro atoms. The Morgan fingerprint density at radius 1 is 1.08 bits per heavy atom. The zero-order valence-electron chi connectivity index (χ0n) is 21.7. The molecule has 0 aliphatic carbocycles. The van der Waals surface area contributed by atoms with Crippen LogP contribution in [0.5, 0.6) is 0 Å². The summed E-state index contributed by atoms with van der Waals surface area (Å²) in [4.78, 5) is 23.8. The minimum atomic E-state index is -0.476. The summed E-state index contributed by atoms with van der Waals surface area (Å²) in [7, 11) is 0. The van der Waals surface area contributed by atoms with E-state index in [1.165, 1.54) is 0 Å². The molecule has 0 saturated heterocycles. The number of amides is 1. The summed E-state index contributed by atoms with van der Waals surface area (Å²) in [6.07, 6.45) is 3.48. The average Bonchev–Trinajstić information content (AvgIpc) is 3.50. The van der Waals surface area contributed by atoms with Crippen LogP contribution in [0.15, 0.2) is 59.4 Å². The summed E-state index contributed by atoms with van der Waals surface area (Å²) in [6, 6.07) is 14.2. The maximum Gasteiger partial charge on any atom is 0.229 e. The number of hydrogen-bond donors (Lipinski definition) is 0. The van der Waals surface area contributed by atoms with E-state index < -0.39 is 5.83 Å². The van der Waals surface area contributed by atoms with Crippen LogP contribution < -0.4 is 4.90 Å². The molecule has 194 valence electrons. The minimum absolute atomic E-state index is 0.0342. The van der Waals surface area contributed by atoms with E-state index in [9.17, 15) is 9.18 Å². The number of nitrogens with zero attached hydrogens (tertiary/aromatic N) is 4. The van der Waals surface area contributed by atoms with Crippen molar-refractivity contribution >= 4 is 33.1 Å². The fourth-order valence-electron chi connectivity index (χ4n) is 4.18. The second kappa shape index (κ2) is 12.2. The lowest BCUT2D eigenvalue weighted by Crippen LogP contribution is -2.31. The maximum atomic E-state index is 13.3. The van der Waals surface area contributed by atoms with Crippen molar-refractivity contribution in [3.05, 3.63) is 71.6 Å². The maximum absolute atomic E-state index is 13.3. The Labute approximate surface area is 221 Å². The molecule has 0 aliphatic rings. The van der Waals surface area contributed by atoms with Crippen LogP contribution in [0, 0.1) is 6.92 Å². The Morgan fingerprint density at radius 2 is 1.89 bits per heavy atom. The van der Waals surface area contributed by atoms with Gasteiger partial charge in [-0.3, -0.25) is 4.79 Å². The highest BCUT2D eigenvalue weighted by Gasteiger charge is 2.17. The van der Waals surface area contributed by atoms with E-state index in [1.807, 2.05) is 51.1 Å². The van der Waals surface area contributed by atoms with Crippen LogP contribution in [-0.2, 0) is 11.2 Å². The van der Waals surface area contributed by atoms with E-state index in [4.69, 9.17) is 4.52 Å².